The second kappa shape index (κ2) is 56.4. The molecule has 0 amide bonds. The molecular weight excluding hydrogens is 853 g/mol. The fraction of sp³-hybridized carbons (Fsp3) is 0.635. The molecule has 0 aromatic rings. The number of hydrogen-bond donors (Lipinski definition) is 0. The Morgan fingerprint density at radius 2 is 0.536 bits per heavy atom. The van der Waals surface area contributed by atoms with Crippen molar-refractivity contribution in [3.05, 3.63) is 122 Å². The van der Waals surface area contributed by atoms with E-state index in [0.717, 1.165) is 89.9 Å². The number of allylic oxidation sites excluding steroid dienone is 20. The third-order valence-electron chi connectivity index (χ3n) is 11.4. The minimum absolute atomic E-state index is 0.134. The van der Waals surface area contributed by atoms with Gasteiger partial charge in [0.1, 0.15) is 13.2 Å². The minimum Gasteiger partial charge on any atom is -0.462 e. The number of ether oxygens (including phenoxy) is 3. The molecule has 0 radical (unpaired) electrons. The van der Waals surface area contributed by atoms with Crippen molar-refractivity contribution >= 4 is 17.9 Å². The van der Waals surface area contributed by atoms with Crippen LogP contribution in [-0.2, 0) is 28.6 Å². The Bertz CT molecular complexity index is 1470. The highest BCUT2D eigenvalue weighted by Crippen LogP contribution is 2.11. The first-order valence-corrected chi connectivity index (χ1v) is 28.0. The summed E-state index contributed by atoms with van der Waals surface area (Å²) in [4.78, 5) is 38.1. The normalized spacial score (nSPS) is 13.0. The summed E-state index contributed by atoms with van der Waals surface area (Å²) < 4.78 is 16.7. The van der Waals surface area contributed by atoms with E-state index in [0.29, 0.717) is 12.8 Å². The van der Waals surface area contributed by atoms with E-state index in [-0.39, 0.29) is 50.4 Å². The molecule has 0 spiro atoms. The van der Waals surface area contributed by atoms with Crippen molar-refractivity contribution in [1.82, 2.24) is 0 Å². The summed E-state index contributed by atoms with van der Waals surface area (Å²) in [7, 11) is 0. The van der Waals surface area contributed by atoms with Crippen molar-refractivity contribution in [2.75, 3.05) is 13.2 Å². The van der Waals surface area contributed by atoms with Crippen LogP contribution >= 0.6 is 0 Å². The molecule has 0 aliphatic carbocycles. The second-order valence-electron chi connectivity index (χ2n) is 18.1. The Labute approximate surface area is 424 Å². The predicted molar refractivity (Wildman–Crippen MR) is 297 cm³/mol. The average Bonchev–Trinajstić information content (AvgIpc) is 3.35. The zero-order valence-electron chi connectivity index (χ0n) is 44.5. The Hall–Kier alpha value is -4.19. The van der Waals surface area contributed by atoms with Gasteiger partial charge in [0.2, 0.25) is 0 Å². The number of unbranched alkanes of at least 4 members (excludes halogenated alkanes) is 18. The Morgan fingerprint density at radius 3 is 0.884 bits per heavy atom. The molecule has 6 nitrogen and oxygen atoms in total. The first kappa shape index (κ1) is 64.8. The lowest BCUT2D eigenvalue weighted by atomic mass is 10.1. The number of esters is 3. The Kier molecular flexibility index (Phi) is 53.0. The van der Waals surface area contributed by atoms with Crippen LogP contribution in [0.3, 0.4) is 0 Å². The van der Waals surface area contributed by atoms with Gasteiger partial charge in [0.15, 0.2) is 6.10 Å². The van der Waals surface area contributed by atoms with Gasteiger partial charge < -0.3 is 14.2 Å². The number of carbonyl (C=O) groups excluding carboxylic acids is 3. The fourth-order valence-electron chi connectivity index (χ4n) is 7.16. The largest absolute Gasteiger partial charge is 0.462 e. The van der Waals surface area contributed by atoms with Gasteiger partial charge in [-0.3, -0.25) is 14.4 Å². The van der Waals surface area contributed by atoms with Gasteiger partial charge in [0.25, 0.3) is 0 Å². The summed E-state index contributed by atoms with van der Waals surface area (Å²) in [6, 6.07) is 0. The molecule has 0 aliphatic rings. The van der Waals surface area contributed by atoms with Crippen molar-refractivity contribution in [2.24, 2.45) is 0 Å². The van der Waals surface area contributed by atoms with Crippen LogP contribution in [0.4, 0.5) is 0 Å². The van der Waals surface area contributed by atoms with Crippen LogP contribution in [0, 0.1) is 0 Å². The minimum atomic E-state index is -0.836. The molecule has 0 unspecified atom stereocenters. The maximum Gasteiger partial charge on any atom is 0.306 e. The quantitative estimate of drug-likeness (QED) is 0.0262. The Morgan fingerprint density at radius 1 is 0.290 bits per heavy atom. The first-order valence-electron chi connectivity index (χ1n) is 28.0. The average molecular weight is 956 g/mol. The van der Waals surface area contributed by atoms with Crippen molar-refractivity contribution in [1.29, 1.82) is 0 Å². The lowest BCUT2D eigenvalue weighted by Crippen LogP contribution is -2.30. The van der Waals surface area contributed by atoms with E-state index in [9.17, 15) is 14.4 Å². The van der Waals surface area contributed by atoms with Crippen molar-refractivity contribution in [3.8, 4) is 0 Å². The van der Waals surface area contributed by atoms with E-state index in [2.05, 4.69) is 142 Å². The summed E-state index contributed by atoms with van der Waals surface area (Å²) in [5.41, 5.74) is 0. The van der Waals surface area contributed by atoms with E-state index >= 15 is 0 Å². The smallest absolute Gasteiger partial charge is 0.306 e. The van der Waals surface area contributed by atoms with Gasteiger partial charge in [-0.15, -0.1) is 0 Å². The van der Waals surface area contributed by atoms with Crippen molar-refractivity contribution < 1.29 is 28.6 Å². The van der Waals surface area contributed by atoms with E-state index in [1.54, 1.807) is 0 Å². The lowest BCUT2D eigenvalue weighted by Gasteiger charge is -2.18. The van der Waals surface area contributed by atoms with E-state index in [1.807, 2.05) is 0 Å². The zero-order chi connectivity index (χ0) is 50.0. The third-order valence-corrected chi connectivity index (χ3v) is 11.4. The summed E-state index contributed by atoms with van der Waals surface area (Å²) >= 11 is 0. The molecule has 0 heterocycles. The van der Waals surface area contributed by atoms with Gasteiger partial charge >= 0.3 is 17.9 Å². The third kappa shape index (κ3) is 54.6. The van der Waals surface area contributed by atoms with Crippen LogP contribution in [0.25, 0.3) is 0 Å². The van der Waals surface area contributed by atoms with Crippen LogP contribution in [0.1, 0.15) is 239 Å². The van der Waals surface area contributed by atoms with E-state index < -0.39 is 6.10 Å². The second-order valence-corrected chi connectivity index (χ2v) is 18.1. The van der Waals surface area contributed by atoms with Gasteiger partial charge in [0, 0.05) is 19.3 Å². The van der Waals surface area contributed by atoms with Crippen LogP contribution in [0.5, 0.6) is 0 Å². The lowest BCUT2D eigenvalue weighted by molar-refractivity contribution is -0.167. The molecule has 0 saturated heterocycles. The molecule has 390 valence electrons. The van der Waals surface area contributed by atoms with Gasteiger partial charge in [-0.25, -0.2) is 0 Å². The van der Waals surface area contributed by atoms with Crippen LogP contribution < -0.4 is 0 Å². The summed E-state index contributed by atoms with van der Waals surface area (Å²) in [5, 5.41) is 0. The molecule has 1 atom stereocenters. The molecule has 0 fully saturated rings. The molecule has 0 aromatic carbocycles. The molecule has 0 saturated carbocycles. The topological polar surface area (TPSA) is 78.9 Å². The van der Waals surface area contributed by atoms with Gasteiger partial charge in [0.05, 0.1) is 0 Å². The molecule has 69 heavy (non-hydrogen) atoms. The summed E-state index contributed by atoms with van der Waals surface area (Å²) in [6.07, 6.45) is 77.6. The maximum absolute atomic E-state index is 12.8. The van der Waals surface area contributed by atoms with E-state index in [4.69, 9.17) is 14.2 Å². The molecule has 0 rings (SSSR count). The molecule has 6 heteroatoms. The monoisotopic (exact) mass is 955 g/mol. The van der Waals surface area contributed by atoms with E-state index in [1.165, 1.54) is 96.3 Å². The van der Waals surface area contributed by atoms with Crippen LogP contribution in [0.2, 0.25) is 0 Å². The molecule has 0 bridgehead atoms. The number of carbonyl (C=O) groups is 3. The van der Waals surface area contributed by atoms with Crippen LogP contribution in [-0.4, -0.2) is 37.2 Å². The zero-order valence-corrected chi connectivity index (χ0v) is 44.5. The molecule has 0 aliphatic heterocycles. The van der Waals surface area contributed by atoms with Gasteiger partial charge in [-0.05, 0) is 128 Å². The standard InChI is InChI=1S/C63H102O6/c1-4-7-10-13-16-19-22-25-28-31-34-37-40-43-46-49-52-55-61(64)67-58-60(69-63(66)57-54-51-48-45-42-39-36-33-30-27-24-21-18-15-12-9-6-3)59-68-62(65)56-53-50-47-44-41-38-35-32-29-26-23-20-17-14-11-8-5-2/h16,18-19,21,25-30,34-39,43-44,46-47,60H,4-15,17,20,22-24,31-33,40-42,45,48-59H2,1-3H3/b19-16-,21-18-,28-25-,29-26-,30-27-,37-34-,38-35-,39-36-,46-43-,47-44-/t60-/m1/s1. The van der Waals surface area contributed by atoms with Crippen molar-refractivity contribution in [2.45, 2.75) is 245 Å². The van der Waals surface area contributed by atoms with Crippen LogP contribution in [0.15, 0.2) is 122 Å². The fourth-order valence-corrected chi connectivity index (χ4v) is 7.16. The summed E-state index contributed by atoms with van der Waals surface area (Å²) in [5.74, 6) is -1.06. The van der Waals surface area contributed by atoms with Gasteiger partial charge in [-0.2, -0.15) is 0 Å². The van der Waals surface area contributed by atoms with Crippen molar-refractivity contribution in [3.63, 3.8) is 0 Å². The number of rotatable bonds is 49. The highest BCUT2D eigenvalue weighted by atomic mass is 16.6. The first-order chi connectivity index (χ1) is 34.0. The summed E-state index contributed by atoms with van der Waals surface area (Å²) in [6.45, 7) is 6.46. The number of hydrogen-bond acceptors (Lipinski definition) is 6. The Balaban J connectivity index is 4.61. The predicted octanol–water partition coefficient (Wildman–Crippen LogP) is 18.9. The molecule has 0 aromatic heterocycles. The molecule has 0 N–H and O–H groups in total. The molecular formula is C63H102O6. The SMILES string of the molecule is CCCCC/C=C\C/C=C\C/C=C\C/C=C\CCCC(=O)OC[C@H](COC(=O)CCC/C=C\C/C=C\C/C=C\CCCCCCCC)OC(=O)CCCCCC/C=C\C/C=C\C/C=C\CCCCC. The van der Waals surface area contributed by atoms with Gasteiger partial charge in [-0.1, -0.05) is 213 Å². The maximum atomic E-state index is 12.8. The highest BCUT2D eigenvalue weighted by Gasteiger charge is 2.19. The highest BCUT2D eigenvalue weighted by molar-refractivity contribution is 5.71.